The van der Waals surface area contributed by atoms with Crippen LogP contribution in [-0.4, -0.2) is 32.2 Å². The van der Waals surface area contributed by atoms with Gasteiger partial charge < -0.3 is 15.4 Å². The number of benzene rings is 1. The first-order valence-electron chi connectivity index (χ1n) is 6.72. The van der Waals surface area contributed by atoms with Crippen LogP contribution in [0.3, 0.4) is 0 Å². The molecule has 0 bridgehead atoms. The highest BCUT2D eigenvalue weighted by Crippen LogP contribution is 2.16. The Morgan fingerprint density at radius 2 is 2.16 bits per heavy atom. The normalized spacial score (nSPS) is 12.0. The number of aryl methyl sites for hydroxylation is 1. The summed E-state index contributed by atoms with van der Waals surface area (Å²) in [4.78, 5) is 12.1. The molecule has 0 aliphatic rings. The van der Waals surface area contributed by atoms with Crippen LogP contribution in [0.15, 0.2) is 18.2 Å². The summed E-state index contributed by atoms with van der Waals surface area (Å²) in [5.41, 5.74) is 2.86. The van der Waals surface area contributed by atoms with Gasteiger partial charge in [-0.3, -0.25) is 4.79 Å². The van der Waals surface area contributed by atoms with E-state index >= 15 is 0 Å². The Balaban J connectivity index is 2.64. The van der Waals surface area contributed by atoms with Crippen LogP contribution >= 0.6 is 0 Å². The lowest BCUT2D eigenvalue weighted by Gasteiger charge is -2.14. The second-order valence-electron chi connectivity index (χ2n) is 4.72. The first-order valence-corrected chi connectivity index (χ1v) is 6.72. The molecule has 1 aromatic rings. The average Bonchev–Trinajstić information content (AvgIpc) is 2.38. The molecular weight excluding hydrogens is 240 g/mol. The Kier molecular flexibility index (Phi) is 6.36. The largest absolute Gasteiger partial charge is 0.385 e. The van der Waals surface area contributed by atoms with Gasteiger partial charge in [-0.2, -0.15) is 0 Å². The van der Waals surface area contributed by atoms with E-state index in [2.05, 4.69) is 17.6 Å². The molecule has 1 amide bonds. The third-order valence-electron chi connectivity index (χ3n) is 2.99. The van der Waals surface area contributed by atoms with E-state index in [1.165, 1.54) is 0 Å². The Labute approximate surface area is 115 Å². The van der Waals surface area contributed by atoms with Gasteiger partial charge in [0, 0.05) is 37.6 Å². The molecular formula is C15H24N2O2. The molecule has 0 heterocycles. The average molecular weight is 264 g/mol. The van der Waals surface area contributed by atoms with E-state index in [0.29, 0.717) is 12.2 Å². The predicted octanol–water partition coefficient (Wildman–Crippen LogP) is 2.58. The highest BCUT2D eigenvalue weighted by atomic mass is 16.5. The zero-order chi connectivity index (χ0) is 14.3. The molecule has 0 fully saturated rings. The maximum Gasteiger partial charge on any atom is 0.251 e. The maximum absolute atomic E-state index is 12.1. The minimum atomic E-state index is -0.0326. The molecule has 0 aliphatic heterocycles. The number of rotatable bonds is 7. The first kappa shape index (κ1) is 15.5. The molecule has 2 N–H and O–H groups in total. The lowest BCUT2D eigenvalue weighted by atomic mass is 10.1. The van der Waals surface area contributed by atoms with Crippen molar-refractivity contribution in [3.63, 3.8) is 0 Å². The number of amides is 1. The van der Waals surface area contributed by atoms with Crippen molar-refractivity contribution in [3.05, 3.63) is 29.3 Å². The summed E-state index contributed by atoms with van der Waals surface area (Å²) in [5, 5.41) is 6.23. The Morgan fingerprint density at radius 3 is 2.74 bits per heavy atom. The van der Waals surface area contributed by atoms with E-state index in [4.69, 9.17) is 4.74 Å². The van der Waals surface area contributed by atoms with Crippen LogP contribution in [-0.2, 0) is 4.74 Å². The summed E-state index contributed by atoms with van der Waals surface area (Å²) in [6, 6.07) is 5.83. The van der Waals surface area contributed by atoms with Crippen molar-refractivity contribution >= 4 is 11.6 Å². The van der Waals surface area contributed by atoms with Crippen LogP contribution in [0.25, 0.3) is 0 Å². The fraction of sp³-hybridized carbons (Fsp3) is 0.533. The zero-order valence-electron chi connectivity index (χ0n) is 12.2. The van der Waals surface area contributed by atoms with Crippen molar-refractivity contribution in [2.75, 3.05) is 25.6 Å². The van der Waals surface area contributed by atoms with Crippen LogP contribution in [0.5, 0.6) is 0 Å². The monoisotopic (exact) mass is 264 g/mol. The van der Waals surface area contributed by atoms with Gasteiger partial charge in [-0.15, -0.1) is 0 Å². The Hall–Kier alpha value is -1.55. The molecule has 4 heteroatoms. The number of ether oxygens (including phenoxy) is 1. The molecule has 0 aliphatic carbocycles. The first-order chi connectivity index (χ1) is 9.08. The summed E-state index contributed by atoms with van der Waals surface area (Å²) in [6.45, 7) is 7.57. The van der Waals surface area contributed by atoms with Gasteiger partial charge in [0.05, 0.1) is 0 Å². The molecule has 0 spiro atoms. The SMILES string of the molecule is CCNc1ccc(C(=O)NC(C)CCOC)cc1C. The van der Waals surface area contributed by atoms with Crippen molar-refractivity contribution in [2.24, 2.45) is 0 Å². The van der Waals surface area contributed by atoms with Gasteiger partial charge >= 0.3 is 0 Å². The maximum atomic E-state index is 12.1. The van der Waals surface area contributed by atoms with Crippen molar-refractivity contribution in [1.82, 2.24) is 5.32 Å². The zero-order valence-corrected chi connectivity index (χ0v) is 12.2. The van der Waals surface area contributed by atoms with Crippen molar-refractivity contribution in [1.29, 1.82) is 0 Å². The number of nitrogens with one attached hydrogen (secondary N) is 2. The fourth-order valence-corrected chi connectivity index (χ4v) is 1.87. The van der Waals surface area contributed by atoms with E-state index in [1.54, 1.807) is 7.11 Å². The van der Waals surface area contributed by atoms with Crippen molar-refractivity contribution in [3.8, 4) is 0 Å². The molecule has 1 unspecified atom stereocenters. The third kappa shape index (κ3) is 4.91. The lowest BCUT2D eigenvalue weighted by Crippen LogP contribution is -2.33. The summed E-state index contributed by atoms with van der Waals surface area (Å²) in [6.07, 6.45) is 0.816. The Morgan fingerprint density at radius 1 is 1.42 bits per heavy atom. The molecule has 1 aromatic carbocycles. The molecule has 1 atom stereocenters. The van der Waals surface area contributed by atoms with E-state index in [9.17, 15) is 4.79 Å². The minimum Gasteiger partial charge on any atom is -0.385 e. The van der Waals surface area contributed by atoms with Gasteiger partial charge in [-0.05, 0) is 51.0 Å². The summed E-state index contributed by atoms with van der Waals surface area (Å²) in [7, 11) is 1.66. The number of carbonyl (C=O) groups excluding carboxylic acids is 1. The second kappa shape index (κ2) is 7.79. The fourth-order valence-electron chi connectivity index (χ4n) is 1.87. The number of anilines is 1. The number of carbonyl (C=O) groups is 1. The van der Waals surface area contributed by atoms with Crippen LogP contribution in [0.1, 0.15) is 36.2 Å². The van der Waals surface area contributed by atoms with Gasteiger partial charge in [-0.1, -0.05) is 0 Å². The minimum absolute atomic E-state index is 0.0326. The molecule has 106 valence electrons. The molecule has 0 aromatic heterocycles. The van der Waals surface area contributed by atoms with Gasteiger partial charge in [0.1, 0.15) is 0 Å². The van der Waals surface area contributed by atoms with E-state index in [0.717, 1.165) is 24.2 Å². The van der Waals surface area contributed by atoms with Crippen LogP contribution in [0, 0.1) is 6.92 Å². The molecule has 0 saturated heterocycles. The van der Waals surface area contributed by atoms with E-state index in [-0.39, 0.29) is 11.9 Å². The molecule has 4 nitrogen and oxygen atoms in total. The van der Waals surface area contributed by atoms with Crippen LogP contribution in [0.2, 0.25) is 0 Å². The quantitative estimate of drug-likeness (QED) is 0.796. The summed E-state index contributed by atoms with van der Waals surface area (Å²) < 4.78 is 5.00. The van der Waals surface area contributed by atoms with Gasteiger partial charge in [0.25, 0.3) is 5.91 Å². The smallest absolute Gasteiger partial charge is 0.251 e. The van der Waals surface area contributed by atoms with Crippen molar-refractivity contribution in [2.45, 2.75) is 33.2 Å². The highest BCUT2D eigenvalue weighted by Gasteiger charge is 2.10. The van der Waals surface area contributed by atoms with Crippen LogP contribution in [0.4, 0.5) is 5.69 Å². The molecule has 19 heavy (non-hydrogen) atoms. The number of hydrogen-bond acceptors (Lipinski definition) is 3. The highest BCUT2D eigenvalue weighted by molar-refractivity contribution is 5.95. The lowest BCUT2D eigenvalue weighted by molar-refractivity contribution is 0.0929. The number of hydrogen-bond donors (Lipinski definition) is 2. The van der Waals surface area contributed by atoms with Gasteiger partial charge in [-0.25, -0.2) is 0 Å². The summed E-state index contributed by atoms with van der Waals surface area (Å²) >= 11 is 0. The van der Waals surface area contributed by atoms with Gasteiger partial charge in [0.15, 0.2) is 0 Å². The van der Waals surface area contributed by atoms with Crippen LogP contribution < -0.4 is 10.6 Å². The third-order valence-corrected chi connectivity index (χ3v) is 2.99. The topological polar surface area (TPSA) is 50.4 Å². The molecule has 1 rings (SSSR count). The molecule has 0 saturated carbocycles. The number of methoxy groups -OCH3 is 1. The molecule has 0 radical (unpaired) electrons. The summed E-state index contributed by atoms with van der Waals surface area (Å²) in [5.74, 6) is -0.0326. The van der Waals surface area contributed by atoms with Gasteiger partial charge in [0.2, 0.25) is 0 Å². The standard InChI is InChI=1S/C15H24N2O2/c1-5-16-14-7-6-13(10-11(14)2)15(18)17-12(3)8-9-19-4/h6-7,10,12,16H,5,8-9H2,1-4H3,(H,17,18). The van der Waals surface area contributed by atoms with E-state index < -0.39 is 0 Å². The second-order valence-corrected chi connectivity index (χ2v) is 4.72. The van der Waals surface area contributed by atoms with Crippen molar-refractivity contribution < 1.29 is 9.53 Å². The Bertz CT molecular complexity index is 419. The van der Waals surface area contributed by atoms with E-state index in [1.807, 2.05) is 32.0 Å². The predicted molar refractivity (Wildman–Crippen MR) is 78.8 cm³/mol.